The van der Waals surface area contributed by atoms with Crippen molar-refractivity contribution in [3.05, 3.63) is 11.3 Å². The van der Waals surface area contributed by atoms with Gasteiger partial charge in [-0.2, -0.15) is 0 Å². The fraction of sp³-hybridized carbons (Fsp3) is 0.850. The zero-order chi connectivity index (χ0) is 20.4. The predicted molar refractivity (Wildman–Crippen MR) is 96.4 cm³/mol. The molecule has 1 aliphatic heterocycles. The SMILES string of the molecule is COC(=O)C1=C(C)O[C@@]2(C)[C@H]([C@H]1O)[C@@]1(C)CC[C@H](O)[C@@](C)(CO)[C@@H]1C[C@@H]2O. The number of hydrogen-bond acceptors (Lipinski definition) is 7. The Labute approximate surface area is 160 Å². The van der Waals surface area contributed by atoms with E-state index in [-0.39, 0.29) is 23.9 Å². The van der Waals surface area contributed by atoms with Gasteiger partial charge in [-0.05, 0) is 44.4 Å². The molecule has 1 heterocycles. The molecule has 0 aromatic heterocycles. The van der Waals surface area contributed by atoms with E-state index in [1.54, 1.807) is 13.8 Å². The first-order valence-electron chi connectivity index (χ1n) is 9.60. The van der Waals surface area contributed by atoms with E-state index in [0.717, 1.165) is 0 Å². The van der Waals surface area contributed by atoms with Gasteiger partial charge in [0, 0.05) is 11.3 Å². The molecule has 0 saturated heterocycles. The number of carbonyl (C=O) groups excluding carboxylic acids is 1. The van der Waals surface area contributed by atoms with Crippen LogP contribution >= 0.6 is 0 Å². The fourth-order valence-electron chi connectivity index (χ4n) is 6.32. The van der Waals surface area contributed by atoms with Gasteiger partial charge in [0.15, 0.2) is 0 Å². The minimum absolute atomic E-state index is 0.0749. The number of aliphatic hydroxyl groups excluding tert-OH is 4. The van der Waals surface area contributed by atoms with Gasteiger partial charge in [0.2, 0.25) is 0 Å². The molecule has 4 N–H and O–H groups in total. The number of esters is 1. The molecule has 0 amide bonds. The first-order chi connectivity index (χ1) is 12.5. The smallest absolute Gasteiger partial charge is 0.339 e. The molecule has 27 heavy (non-hydrogen) atoms. The molecule has 7 heteroatoms. The van der Waals surface area contributed by atoms with Crippen LogP contribution in [0.15, 0.2) is 11.3 Å². The summed E-state index contributed by atoms with van der Waals surface area (Å²) in [5, 5.41) is 43.0. The van der Waals surface area contributed by atoms with Crippen LogP contribution in [0.5, 0.6) is 0 Å². The van der Waals surface area contributed by atoms with Crippen molar-refractivity contribution in [2.75, 3.05) is 13.7 Å². The Morgan fingerprint density at radius 2 is 1.85 bits per heavy atom. The lowest BCUT2D eigenvalue weighted by atomic mass is 9.42. The lowest BCUT2D eigenvalue weighted by molar-refractivity contribution is -0.272. The normalized spacial score (nSPS) is 49.7. The second kappa shape index (κ2) is 6.44. The van der Waals surface area contributed by atoms with E-state index in [2.05, 4.69) is 0 Å². The van der Waals surface area contributed by atoms with Gasteiger partial charge in [-0.15, -0.1) is 0 Å². The summed E-state index contributed by atoms with van der Waals surface area (Å²) in [6, 6.07) is 0. The molecule has 0 spiro atoms. The van der Waals surface area contributed by atoms with E-state index < -0.39 is 46.6 Å². The number of fused-ring (bicyclic) bond motifs is 3. The molecule has 2 saturated carbocycles. The summed E-state index contributed by atoms with van der Waals surface area (Å²) < 4.78 is 10.9. The Hall–Kier alpha value is -1.15. The van der Waals surface area contributed by atoms with Crippen LogP contribution in [-0.2, 0) is 14.3 Å². The maximum Gasteiger partial charge on any atom is 0.339 e. The number of aliphatic hydroxyl groups is 4. The maximum absolute atomic E-state index is 12.3. The van der Waals surface area contributed by atoms with Crippen LogP contribution in [0.2, 0.25) is 0 Å². The van der Waals surface area contributed by atoms with Crippen LogP contribution in [0, 0.1) is 22.7 Å². The summed E-state index contributed by atoms with van der Waals surface area (Å²) in [5.41, 5.74) is -2.36. The van der Waals surface area contributed by atoms with Gasteiger partial charge in [0.25, 0.3) is 0 Å². The van der Waals surface area contributed by atoms with Crippen LogP contribution in [0.3, 0.4) is 0 Å². The zero-order valence-electron chi connectivity index (χ0n) is 16.7. The quantitative estimate of drug-likeness (QED) is 0.519. The van der Waals surface area contributed by atoms with E-state index in [1.165, 1.54) is 7.11 Å². The first-order valence-corrected chi connectivity index (χ1v) is 9.60. The Morgan fingerprint density at radius 1 is 1.22 bits per heavy atom. The molecular weight excluding hydrogens is 352 g/mol. The van der Waals surface area contributed by atoms with Crippen LogP contribution in [-0.4, -0.2) is 64.0 Å². The topological polar surface area (TPSA) is 116 Å². The van der Waals surface area contributed by atoms with Gasteiger partial charge < -0.3 is 29.9 Å². The molecule has 0 aromatic carbocycles. The third kappa shape index (κ3) is 2.58. The van der Waals surface area contributed by atoms with Gasteiger partial charge in [0.1, 0.15) is 16.9 Å². The molecule has 2 aliphatic carbocycles. The van der Waals surface area contributed by atoms with E-state index in [9.17, 15) is 25.2 Å². The van der Waals surface area contributed by atoms with Crippen LogP contribution in [0.4, 0.5) is 0 Å². The van der Waals surface area contributed by atoms with E-state index >= 15 is 0 Å². The zero-order valence-corrected chi connectivity index (χ0v) is 16.7. The fourth-order valence-corrected chi connectivity index (χ4v) is 6.32. The highest BCUT2D eigenvalue weighted by Gasteiger charge is 2.69. The highest BCUT2D eigenvalue weighted by Crippen LogP contribution is 2.65. The highest BCUT2D eigenvalue weighted by atomic mass is 16.5. The second-order valence-electron chi connectivity index (χ2n) is 9.20. The molecule has 7 nitrogen and oxygen atoms in total. The molecule has 3 rings (SSSR count). The summed E-state index contributed by atoms with van der Waals surface area (Å²) in [4.78, 5) is 12.3. The largest absolute Gasteiger partial charge is 0.488 e. The Bertz CT molecular complexity index is 661. The molecule has 0 aromatic rings. The Kier molecular flexibility index (Phi) is 4.91. The minimum Gasteiger partial charge on any atom is -0.488 e. The highest BCUT2D eigenvalue weighted by molar-refractivity contribution is 5.90. The molecule has 0 unspecified atom stereocenters. The third-order valence-corrected chi connectivity index (χ3v) is 7.87. The van der Waals surface area contributed by atoms with Gasteiger partial charge in [-0.3, -0.25) is 0 Å². The van der Waals surface area contributed by atoms with E-state index in [4.69, 9.17) is 9.47 Å². The first kappa shape index (κ1) is 20.6. The van der Waals surface area contributed by atoms with Crippen molar-refractivity contribution in [3.63, 3.8) is 0 Å². The molecule has 3 aliphatic rings. The standard InChI is InChI=1S/C20H32O7/c1-10-14(17(25)26-5)15(24)16-18(2)7-6-12(22)19(3,9-21)11(18)8-13(23)20(16,4)27-10/h11-13,15-16,21-24H,6-9H2,1-5H3/t11-,12+,13+,15+,16-,18+,19+,20-/m1/s1. The van der Waals surface area contributed by atoms with Crippen molar-refractivity contribution >= 4 is 5.97 Å². The summed E-state index contributed by atoms with van der Waals surface area (Å²) in [7, 11) is 1.25. The molecule has 8 atom stereocenters. The monoisotopic (exact) mass is 384 g/mol. The van der Waals surface area contributed by atoms with Crippen LogP contribution < -0.4 is 0 Å². The van der Waals surface area contributed by atoms with Gasteiger partial charge >= 0.3 is 5.97 Å². The predicted octanol–water partition coefficient (Wildman–Crippen LogP) is 0.740. The summed E-state index contributed by atoms with van der Waals surface area (Å²) in [6.07, 6.45) is -1.38. The number of allylic oxidation sites excluding steroid dienone is 1. The average molecular weight is 384 g/mol. The number of hydrogen-bond donors (Lipinski definition) is 4. The molecule has 154 valence electrons. The summed E-state index contributed by atoms with van der Waals surface area (Å²) in [6.45, 7) is 6.98. The van der Waals surface area contributed by atoms with Crippen LogP contribution in [0.25, 0.3) is 0 Å². The second-order valence-corrected chi connectivity index (χ2v) is 9.20. The van der Waals surface area contributed by atoms with Gasteiger partial charge in [-0.1, -0.05) is 13.8 Å². The van der Waals surface area contributed by atoms with E-state index in [1.807, 2.05) is 13.8 Å². The van der Waals surface area contributed by atoms with Crippen LogP contribution in [0.1, 0.15) is 47.0 Å². The van der Waals surface area contributed by atoms with Crippen molar-refractivity contribution in [3.8, 4) is 0 Å². The number of ether oxygens (including phenoxy) is 2. The van der Waals surface area contributed by atoms with Crippen molar-refractivity contribution < 1.29 is 34.7 Å². The molecule has 2 fully saturated rings. The van der Waals surface area contributed by atoms with Gasteiger partial charge in [-0.25, -0.2) is 4.79 Å². The number of methoxy groups -OCH3 is 1. The van der Waals surface area contributed by atoms with Crippen molar-refractivity contribution in [1.82, 2.24) is 0 Å². The summed E-state index contributed by atoms with van der Waals surface area (Å²) >= 11 is 0. The van der Waals surface area contributed by atoms with Crippen molar-refractivity contribution in [2.45, 2.75) is 70.9 Å². The van der Waals surface area contributed by atoms with Crippen molar-refractivity contribution in [2.24, 2.45) is 22.7 Å². The lowest BCUT2D eigenvalue weighted by Gasteiger charge is -2.66. The third-order valence-electron chi connectivity index (χ3n) is 7.87. The van der Waals surface area contributed by atoms with Crippen molar-refractivity contribution in [1.29, 1.82) is 0 Å². The molecule has 0 radical (unpaired) electrons. The van der Waals surface area contributed by atoms with Gasteiger partial charge in [0.05, 0.1) is 32.0 Å². The number of rotatable bonds is 2. The lowest BCUT2D eigenvalue weighted by Crippen LogP contribution is -2.71. The Morgan fingerprint density at radius 3 is 2.41 bits per heavy atom. The maximum atomic E-state index is 12.3. The average Bonchev–Trinajstić information content (AvgIpc) is 2.60. The Balaban J connectivity index is 2.15. The molecular formula is C20H32O7. The molecule has 0 bridgehead atoms. The minimum atomic E-state index is -1.17. The van der Waals surface area contributed by atoms with E-state index in [0.29, 0.717) is 19.3 Å². The number of carbonyl (C=O) groups is 1. The summed E-state index contributed by atoms with van der Waals surface area (Å²) in [5.74, 6) is -1.23.